The molecule has 0 aromatic heterocycles. The quantitative estimate of drug-likeness (QED) is 0.159. The van der Waals surface area contributed by atoms with Crippen LogP contribution in [0.4, 0.5) is 0 Å². The number of nitrogens with zero attached hydrogens (tertiary/aromatic N) is 1. The van der Waals surface area contributed by atoms with E-state index in [-0.39, 0.29) is 25.7 Å². The average Bonchev–Trinajstić information content (AvgIpc) is 3.08. The van der Waals surface area contributed by atoms with Crippen LogP contribution in [-0.2, 0) is 42.7 Å². The number of methoxy groups -OCH3 is 2. The van der Waals surface area contributed by atoms with E-state index in [1.807, 2.05) is 0 Å². The molecule has 3 saturated heterocycles. The van der Waals surface area contributed by atoms with Crippen molar-refractivity contribution in [2.75, 3.05) is 28.2 Å². The van der Waals surface area contributed by atoms with Crippen LogP contribution in [0, 0.1) is 28.9 Å². The summed E-state index contributed by atoms with van der Waals surface area (Å²) in [4.78, 5) is 28.3. The monoisotopic (exact) mass is 766 g/mol. The number of carbonyl (C=O) groups excluding carboxylic acids is 2. The number of cyclic esters (lactones) is 1. The molecule has 3 fully saturated rings. The molecule has 0 spiro atoms. The van der Waals surface area contributed by atoms with E-state index >= 15 is 0 Å². The first-order valence-corrected chi connectivity index (χ1v) is 18.9. The molecule has 0 bridgehead atoms. The molecule has 0 aliphatic carbocycles. The Morgan fingerprint density at radius 3 is 2.09 bits per heavy atom. The van der Waals surface area contributed by atoms with Crippen LogP contribution in [0.2, 0.25) is 0 Å². The first-order valence-electron chi connectivity index (χ1n) is 20.4. The number of aliphatic hydroxyl groups excluding tert-OH is 3. The van der Waals surface area contributed by atoms with Gasteiger partial charge in [0, 0.05) is 44.7 Å². The van der Waals surface area contributed by atoms with E-state index in [9.17, 15) is 35.2 Å². The number of likely N-dealkylation sites (N-methyl/N-ethyl adjacent to an activating group) is 1. The van der Waals surface area contributed by atoms with Gasteiger partial charge in [-0.25, -0.2) is 0 Å². The third-order valence-electron chi connectivity index (χ3n) is 12.2. The first kappa shape index (κ1) is 41.3. The van der Waals surface area contributed by atoms with Gasteiger partial charge in [-0.3, -0.25) is 9.59 Å². The van der Waals surface area contributed by atoms with Gasteiger partial charge in [-0.05, 0) is 54.4 Å². The molecule has 0 saturated carbocycles. The van der Waals surface area contributed by atoms with Crippen LogP contribution < -0.4 is 0 Å². The predicted octanol–water partition coefficient (Wildman–Crippen LogP) is 2.45. The van der Waals surface area contributed by atoms with Crippen molar-refractivity contribution in [1.82, 2.24) is 0 Å². The van der Waals surface area contributed by atoms with Gasteiger partial charge in [0.05, 0.1) is 65.8 Å². The molecule has 310 valence electrons. The number of hydrogen-bond acceptors (Lipinski definition) is 14. The second kappa shape index (κ2) is 17.4. The predicted molar refractivity (Wildman–Crippen MR) is 193 cm³/mol. The average molecular weight is 767 g/mol. The van der Waals surface area contributed by atoms with E-state index < -0.39 is 131 Å². The third kappa shape index (κ3) is 9.80. The highest BCUT2D eigenvalue weighted by Crippen LogP contribution is 2.42. The molecule has 3 heterocycles. The molecule has 15 heteroatoms. The second-order valence-electron chi connectivity index (χ2n) is 17.0. The van der Waals surface area contributed by atoms with E-state index in [2.05, 4.69) is 0 Å². The zero-order valence-electron chi connectivity index (χ0n) is 36.8. The fraction of sp³-hybridized carbons (Fsp3) is 0.947. The van der Waals surface area contributed by atoms with Crippen molar-refractivity contribution >= 4 is 11.8 Å². The summed E-state index contributed by atoms with van der Waals surface area (Å²) >= 11 is 0. The summed E-state index contributed by atoms with van der Waals surface area (Å²) < 4.78 is 66.8. The SMILES string of the molecule is [2H]C([2H])([2H])O[C@]1(C)C[C@@H](C)C(=O)[C@H](C)[C@@H](O)[C@](C)(O)C(CC)OC(=O)[C@H](C)[C@@H](O[C@H]2C[C@@](C)(OC)[C@@H](O)[C@H](C)O2)[C@H](C)[C@H]1O[C@@H]1O[C@H](C)C[C@H]([N+](C)(C)[O-])[C@H]1O. The number of carbonyl (C=O) groups is 2. The Morgan fingerprint density at radius 1 is 0.925 bits per heavy atom. The van der Waals surface area contributed by atoms with Crippen molar-refractivity contribution in [3.8, 4) is 0 Å². The molecule has 0 amide bonds. The van der Waals surface area contributed by atoms with Gasteiger partial charge in [-0.1, -0.05) is 27.7 Å². The van der Waals surface area contributed by atoms with E-state index in [1.165, 1.54) is 48.9 Å². The molecule has 18 atom stereocenters. The maximum absolute atomic E-state index is 14.2. The normalized spacial score (nSPS) is 49.6. The van der Waals surface area contributed by atoms with Gasteiger partial charge in [-0.2, -0.15) is 0 Å². The van der Waals surface area contributed by atoms with Crippen LogP contribution in [0.3, 0.4) is 0 Å². The smallest absolute Gasteiger partial charge is 0.311 e. The fourth-order valence-electron chi connectivity index (χ4n) is 8.59. The number of ketones is 1. The molecular formula is C38H69NO14. The summed E-state index contributed by atoms with van der Waals surface area (Å²) in [6, 6.07) is -0.912. The lowest BCUT2D eigenvalue weighted by atomic mass is 9.74. The van der Waals surface area contributed by atoms with Crippen molar-refractivity contribution in [3.63, 3.8) is 0 Å². The van der Waals surface area contributed by atoms with Crippen LogP contribution in [0.15, 0.2) is 0 Å². The number of quaternary nitrogens is 1. The molecule has 4 N–H and O–H groups in total. The van der Waals surface area contributed by atoms with Gasteiger partial charge in [0.2, 0.25) is 0 Å². The summed E-state index contributed by atoms with van der Waals surface area (Å²) in [5.74, 6) is -5.92. The van der Waals surface area contributed by atoms with Crippen molar-refractivity contribution in [1.29, 1.82) is 0 Å². The highest BCUT2D eigenvalue weighted by Gasteiger charge is 2.54. The van der Waals surface area contributed by atoms with Crippen molar-refractivity contribution in [2.24, 2.45) is 23.7 Å². The van der Waals surface area contributed by atoms with Gasteiger partial charge in [-0.15, -0.1) is 0 Å². The molecule has 1 unspecified atom stereocenters. The maximum atomic E-state index is 14.2. The molecule has 0 aromatic rings. The Hall–Kier alpha value is -1.34. The van der Waals surface area contributed by atoms with Gasteiger partial charge >= 0.3 is 5.97 Å². The Balaban J connectivity index is 2.32. The first-order chi connectivity index (χ1) is 25.4. The van der Waals surface area contributed by atoms with E-state index in [1.54, 1.807) is 41.5 Å². The van der Waals surface area contributed by atoms with Crippen LogP contribution in [0.5, 0.6) is 0 Å². The highest BCUT2D eigenvalue weighted by molar-refractivity contribution is 5.83. The number of Topliss-reactive ketones (excluding diaryl/α,β-unsaturated/α-hetero) is 1. The Kier molecular flexibility index (Phi) is 13.6. The second-order valence-corrected chi connectivity index (χ2v) is 17.0. The lowest BCUT2D eigenvalue weighted by molar-refractivity contribution is -0.874. The largest absolute Gasteiger partial charge is 0.633 e. The molecule has 0 aromatic carbocycles. The minimum atomic E-state index is -3.08. The number of hydroxylamine groups is 3. The number of esters is 1. The molecule has 53 heavy (non-hydrogen) atoms. The van der Waals surface area contributed by atoms with Crippen LogP contribution in [0.1, 0.15) is 99.0 Å². The maximum Gasteiger partial charge on any atom is 0.311 e. The van der Waals surface area contributed by atoms with Gasteiger partial charge < -0.3 is 63.4 Å². The van der Waals surface area contributed by atoms with Crippen molar-refractivity contribution in [3.05, 3.63) is 5.21 Å². The lowest BCUT2D eigenvalue weighted by Crippen LogP contribution is -2.63. The van der Waals surface area contributed by atoms with Crippen molar-refractivity contribution in [2.45, 2.75) is 179 Å². The fourth-order valence-corrected chi connectivity index (χ4v) is 8.59. The number of ether oxygens (including phenoxy) is 7. The molecular weight excluding hydrogens is 694 g/mol. The van der Waals surface area contributed by atoms with E-state index in [4.69, 9.17) is 37.3 Å². The standard InChI is InChI=1S/C38H69NO14/c1-15-26-38(10,45)31(42)21(4)28(40)19(2)17-37(9,48-14)33(53-35-29(41)25(39(11,12)46)16-20(3)49-35)22(5)30(23(6)34(44)51-26)52-27-18-36(8,47-13)32(43)24(7)50-27/h19-27,29-33,35,41-43,45H,15-18H2,1-14H3/t19-,20-,21+,22+,23-,24+,25+,26?,27+,29-,30+,31-,32+,33-,35+,36-,37-,38-/m1/s1/i14D3. The topological polar surface area (TPSA) is 203 Å². The Labute approximate surface area is 319 Å². The minimum absolute atomic E-state index is 0.00336. The number of hydrogen-bond donors (Lipinski definition) is 4. The van der Waals surface area contributed by atoms with E-state index in [0.29, 0.717) is 0 Å². The Morgan fingerprint density at radius 2 is 1.55 bits per heavy atom. The summed E-state index contributed by atoms with van der Waals surface area (Å²) in [6.45, 7) is 15.5. The summed E-state index contributed by atoms with van der Waals surface area (Å²) in [6.07, 6.45) is -12.3. The summed E-state index contributed by atoms with van der Waals surface area (Å²) in [7, 11) is 1.12. The van der Waals surface area contributed by atoms with Crippen LogP contribution >= 0.6 is 0 Å². The highest BCUT2D eigenvalue weighted by atomic mass is 16.7. The minimum Gasteiger partial charge on any atom is -0.633 e. The molecule has 3 aliphatic rings. The molecule has 3 rings (SSSR count). The summed E-state index contributed by atoms with van der Waals surface area (Å²) in [5, 5.41) is 58.9. The van der Waals surface area contributed by atoms with Crippen LogP contribution in [-0.4, -0.2) is 149 Å². The zero-order chi connectivity index (χ0) is 43.1. The van der Waals surface area contributed by atoms with Gasteiger partial charge in [0.15, 0.2) is 18.7 Å². The lowest BCUT2D eigenvalue weighted by Gasteiger charge is -2.51. The van der Waals surface area contributed by atoms with Crippen LogP contribution in [0.25, 0.3) is 0 Å². The van der Waals surface area contributed by atoms with E-state index in [0.717, 1.165) is 0 Å². The zero-order valence-corrected chi connectivity index (χ0v) is 33.8. The molecule has 3 aliphatic heterocycles. The molecule has 0 radical (unpaired) electrons. The van der Waals surface area contributed by atoms with Crippen molar-refractivity contribution < 1.29 is 71.9 Å². The summed E-state index contributed by atoms with van der Waals surface area (Å²) in [5.41, 5.74) is -5.19. The third-order valence-corrected chi connectivity index (χ3v) is 12.2. The number of rotatable bonds is 8. The number of aliphatic hydroxyl groups is 4. The molecule has 15 nitrogen and oxygen atoms in total. The van der Waals surface area contributed by atoms with Gasteiger partial charge in [0.1, 0.15) is 29.6 Å². The Bertz CT molecular complexity index is 1330. The van der Waals surface area contributed by atoms with Gasteiger partial charge in [0.25, 0.3) is 0 Å².